The Hall–Kier alpha value is -1.59. The third kappa shape index (κ3) is 3.54. The Bertz CT molecular complexity index is 721. The van der Waals surface area contributed by atoms with Gasteiger partial charge in [-0.05, 0) is 24.3 Å². The smallest absolute Gasteiger partial charge is 0.134 e. The molecule has 3 rings (SSSR count). The molecule has 0 unspecified atom stereocenters. The van der Waals surface area contributed by atoms with Gasteiger partial charge in [-0.25, -0.2) is 4.68 Å². The fourth-order valence-corrected chi connectivity index (χ4v) is 2.48. The lowest BCUT2D eigenvalue weighted by atomic mass is 10.2. The molecular formula is C15H13BrClN3O. The largest absolute Gasteiger partial charge is 0.459 e. The Morgan fingerprint density at radius 2 is 1.95 bits per heavy atom. The van der Waals surface area contributed by atoms with Crippen molar-refractivity contribution in [3.05, 3.63) is 58.5 Å². The molecule has 21 heavy (non-hydrogen) atoms. The Morgan fingerprint density at radius 1 is 1.14 bits per heavy atom. The van der Waals surface area contributed by atoms with Gasteiger partial charge in [0, 0.05) is 28.5 Å². The number of aryl methyl sites for hydroxylation is 1. The number of furan rings is 1. The third-order valence-corrected chi connectivity index (χ3v) is 3.76. The summed E-state index contributed by atoms with van der Waals surface area (Å²) in [4.78, 5) is 0. The van der Waals surface area contributed by atoms with Gasteiger partial charge in [0.1, 0.15) is 18.1 Å². The van der Waals surface area contributed by atoms with E-state index >= 15 is 0 Å². The van der Waals surface area contributed by atoms with Gasteiger partial charge in [0.05, 0.1) is 5.69 Å². The molecule has 0 saturated carbocycles. The van der Waals surface area contributed by atoms with Crippen molar-refractivity contribution in [1.29, 1.82) is 0 Å². The molecule has 0 atom stereocenters. The summed E-state index contributed by atoms with van der Waals surface area (Å²) in [6.07, 6.45) is 2.62. The number of alkyl halides is 1. The molecule has 0 aliphatic carbocycles. The number of nitrogens with zero attached hydrogens (tertiary/aromatic N) is 3. The summed E-state index contributed by atoms with van der Waals surface area (Å²) in [5.74, 6) is 2.24. The predicted molar refractivity (Wildman–Crippen MR) is 85.4 cm³/mol. The number of hydrogen-bond acceptors (Lipinski definition) is 3. The van der Waals surface area contributed by atoms with Gasteiger partial charge < -0.3 is 4.42 Å². The first-order valence-corrected chi connectivity index (χ1v) is 7.87. The molecule has 1 aromatic carbocycles. The van der Waals surface area contributed by atoms with E-state index in [1.165, 1.54) is 0 Å². The van der Waals surface area contributed by atoms with E-state index in [1.807, 2.05) is 42.6 Å². The molecule has 0 aliphatic heterocycles. The molecule has 6 heteroatoms. The number of benzene rings is 1. The van der Waals surface area contributed by atoms with Gasteiger partial charge in [0.2, 0.25) is 0 Å². The molecule has 0 amide bonds. The average molecular weight is 367 g/mol. The standard InChI is InChI=1S/C15H13BrClN3O/c16-12-3-1-11(2-4-12)15-6-5-14(21-15)10-20-9-13(7-8-17)18-19-20/h1-6,9H,7-8,10H2. The molecule has 108 valence electrons. The topological polar surface area (TPSA) is 43.9 Å². The average Bonchev–Trinajstić information content (AvgIpc) is 3.11. The maximum absolute atomic E-state index is 5.85. The second kappa shape index (κ2) is 6.45. The first-order chi connectivity index (χ1) is 10.2. The fraction of sp³-hybridized carbons (Fsp3) is 0.200. The minimum Gasteiger partial charge on any atom is -0.459 e. The summed E-state index contributed by atoms with van der Waals surface area (Å²) in [6, 6.07) is 11.9. The highest BCUT2D eigenvalue weighted by molar-refractivity contribution is 9.10. The van der Waals surface area contributed by atoms with Crippen molar-refractivity contribution in [2.75, 3.05) is 5.88 Å². The van der Waals surface area contributed by atoms with Crippen LogP contribution in [-0.2, 0) is 13.0 Å². The van der Waals surface area contributed by atoms with E-state index in [2.05, 4.69) is 26.2 Å². The zero-order chi connectivity index (χ0) is 14.7. The lowest BCUT2D eigenvalue weighted by Crippen LogP contribution is -1.98. The van der Waals surface area contributed by atoms with E-state index in [4.69, 9.17) is 16.0 Å². The van der Waals surface area contributed by atoms with Gasteiger partial charge in [-0.15, -0.1) is 16.7 Å². The summed E-state index contributed by atoms with van der Waals surface area (Å²) in [5, 5.41) is 8.12. The molecule has 0 saturated heterocycles. The Kier molecular flexibility index (Phi) is 4.41. The van der Waals surface area contributed by atoms with Crippen LogP contribution in [-0.4, -0.2) is 20.9 Å². The second-order valence-corrected chi connectivity index (χ2v) is 5.91. The quantitative estimate of drug-likeness (QED) is 0.638. The van der Waals surface area contributed by atoms with Crippen LogP contribution in [0.1, 0.15) is 11.5 Å². The van der Waals surface area contributed by atoms with Crippen molar-refractivity contribution in [1.82, 2.24) is 15.0 Å². The van der Waals surface area contributed by atoms with Gasteiger partial charge in [0.15, 0.2) is 0 Å². The summed E-state index contributed by atoms with van der Waals surface area (Å²) in [7, 11) is 0. The molecule has 3 aromatic rings. The van der Waals surface area contributed by atoms with Gasteiger partial charge in [0.25, 0.3) is 0 Å². The van der Waals surface area contributed by atoms with Crippen molar-refractivity contribution in [2.45, 2.75) is 13.0 Å². The van der Waals surface area contributed by atoms with Crippen molar-refractivity contribution in [3.8, 4) is 11.3 Å². The van der Waals surface area contributed by atoms with Crippen molar-refractivity contribution in [3.63, 3.8) is 0 Å². The SMILES string of the molecule is ClCCc1cn(Cc2ccc(-c3ccc(Br)cc3)o2)nn1. The first-order valence-electron chi connectivity index (χ1n) is 6.54. The lowest BCUT2D eigenvalue weighted by molar-refractivity contribution is 0.485. The van der Waals surface area contributed by atoms with Crippen molar-refractivity contribution >= 4 is 27.5 Å². The molecule has 0 N–H and O–H groups in total. The Morgan fingerprint density at radius 3 is 2.71 bits per heavy atom. The summed E-state index contributed by atoms with van der Waals surface area (Å²) < 4.78 is 8.66. The number of halogens is 2. The highest BCUT2D eigenvalue weighted by Gasteiger charge is 2.07. The monoisotopic (exact) mass is 365 g/mol. The molecule has 2 heterocycles. The molecular weight excluding hydrogens is 354 g/mol. The van der Waals surface area contributed by atoms with Gasteiger partial charge >= 0.3 is 0 Å². The van der Waals surface area contributed by atoms with E-state index in [-0.39, 0.29) is 0 Å². The highest BCUT2D eigenvalue weighted by Crippen LogP contribution is 2.24. The summed E-state index contributed by atoms with van der Waals surface area (Å²) in [5.41, 5.74) is 1.94. The molecule has 4 nitrogen and oxygen atoms in total. The minimum atomic E-state index is 0.549. The van der Waals surface area contributed by atoms with Crippen LogP contribution >= 0.6 is 27.5 Å². The van der Waals surface area contributed by atoms with Crippen LogP contribution in [0.25, 0.3) is 11.3 Å². The molecule has 0 fully saturated rings. The minimum absolute atomic E-state index is 0.549. The molecule has 0 bridgehead atoms. The first kappa shape index (κ1) is 14.4. The van der Waals surface area contributed by atoms with E-state index < -0.39 is 0 Å². The Balaban J connectivity index is 1.73. The van der Waals surface area contributed by atoms with E-state index in [0.29, 0.717) is 12.4 Å². The zero-order valence-corrected chi connectivity index (χ0v) is 13.5. The highest BCUT2D eigenvalue weighted by atomic mass is 79.9. The second-order valence-electron chi connectivity index (χ2n) is 4.62. The molecule has 0 spiro atoms. The van der Waals surface area contributed by atoms with Crippen LogP contribution in [0.15, 0.2) is 51.5 Å². The fourth-order valence-electron chi connectivity index (χ4n) is 2.02. The van der Waals surface area contributed by atoms with Crippen LogP contribution in [0.3, 0.4) is 0 Å². The van der Waals surface area contributed by atoms with Crippen LogP contribution in [0, 0.1) is 0 Å². The Labute approximate surface area is 135 Å². The van der Waals surface area contributed by atoms with Crippen molar-refractivity contribution < 1.29 is 4.42 Å². The normalized spacial score (nSPS) is 11.0. The van der Waals surface area contributed by atoms with E-state index in [1.54, 1.807) is 4.68 Å². The van der Waals surface area contributed by atoms with Gasteiger partial charge in [-0.2, -0.15) is 0 Å². The van der Waals surface area contributed by atoms with Crippen molar-refractivity contribution in [2.24, 2.45) is 0 Å². The predicted octanol–water partition coefficient (Wildman–Crippen LogP) is 4.13. The maximum atomic E-state index is 5.85. The van der Waals surface area contributed by atoms with E-state index in [0.717, 1.165) is 33.7 Å². The van der Waals surface area contributed by atoms with Gasteiger partial charge in [-0.1, -0.05) is 33.3 Å². The number of rotatable bonds is 5. The molecule has 2 aromatic heterocycles. The number of hydrogen-bond donors (Lipinski definition) is 0. The zero-order valence-electron chi connectivity index (χ0n) is 11.2. The molecule has 0 aliphatic rings. The number of aromatic nitrogens is 3. The summed E-state index contributed by atoms with van der Waals surface area (Å²) in [6.45, 7) is 0.561. The lowest BCUT2D eigenvalue weighted by Gasteiger charge is -1.98. The summed E-state index contributed by atoms with van der Waals surface area (Å²) >= 11 is 9.11. The van der Waals surface area contributed by atoms with Crippen LogP contribution < -0.4 is 0 Å². The van der Waals surface area contributed by atoms with Crippen LogP contribution in [0.5, 0.6) is 0 Å². The van der Waals surface area contributed by atoms with E-state index in [9.17, 15) is 0 Å². The van der Waals surface area contributed by atoms with Crippen LogP contribution in [0.4, 0.5) is 0 Å². The van der Waals surface area contributed by atoms with Crippen LogP contribution in [0.2, 0.25) is 0 Å². The maximum Gasteiger partial charge on any atom is 0.134 e. The van der Waals surface area contributed by atoms with Gasteiger partial charge in [-0.3, -0.25) is 0 Å². The third-order valence-electron chi connectivity index (χ3n) is 3.04. The molecule has 0 radical (unpaired) electrons.